The third-order valence-corrected chi connectivity index (χ3v) is 5.25. The zero-order valence-electron chi connectivity index (χ0n) is 11.8. The van der Waals surface area contributed by atoms with Crippen LogP contribution in [0.25, 0.3) is 0 Å². The third-order valence-electron chi connectivity index (χ3n) is 5.25. The Hall–Kier alpha value is -1.89. The van der Waals surface area contributed by atoms with Crippen LogP contribution in [0.1, 0.15) is 47.9 Å². The summed E-state index contributed by atoms with van der Waals surface area (Å²) in [4.78, 5) is 12.2. The van der Waals surface area contributed by atoms with Crippen LogP contribution in [0.3, 0.4) is 0 Å². The molecule has 0 unspecified atom stereocenters. The minimum atomic E-state index is 0.129. The predicted molar refractivity (Wildman–Crippen MR) is 79.9 cm³/mol. The van der Waals surface area contributed by atoms with Gasteiger partial charge in [0.2, 0.25) is 0 Å². The molecule has 3 aliphatic rings. The van der Waals surface area contributed by atoms with E-state index >= 15 is 0 Å². The molecule has 0 amide bonds. The Kier molecular flexibility index (Phi) is 2.41. The molecule has 0 fully saturated rings. The Morgan fingerprint density at radius 2 is 1.20 bits per heavy atom. The Labute approximate surface area is 119 Å². The number of ketones is 1. The van der Waals surface area contributed by atoms with Crippen molar-refractivity contribution in [1.82, 2.24) is 0 Å². The molecule has 0 saturated heterocycles. The van der Waals surface area contributed by atoms with Crippen molar-refractivity contribution in [2.24, 2.45) is 11.8 Å². The quantitative estimate of drug-likeness (QED) is 0.755. The average Bonchev–Trinajstić information content (AvgIpc) is 2.47. The lowest BCUT2D eigenvalue weighted by molar-refractivity contribution is -0.123. The van der Waals surface area contributed by atoms with Crippen molar-refractivity contribution in [2.45, 2.75) is 25.7 Å². The number of carbonyl (C=O) groups is 1. The van der Waals surface area contributed by atoms with E-state index in [1.54, 1.807) is 6.92 Å². The summed E-state index contributed by atoms with van der Waals surface area (Å²) in [6, 6.07) is 17.4. The Bertz CT molecular complexity index is 653. The third kappa shape index (κ3) is 1.35. The molecule has 5 rings (SSSR count). The maximum Gasteiger partial charge on any atom is 0.134 e. The second-order valence-corrected chi connectivity index (χ2v) is 6.21. The number of hydrogen-bond acceptors (Lipinski definition) is 1. The summed E-state index contributed by atoms with van der Waals surface area (Å²) in [5, 5.41) is 0. The van der Waals surface area contributed by atoms with Crippen LogP contribution in [0.2, 0.25) is 0 Å². The SMILES string of the molecule is CC(=O)[C@H]1C2c3ccccc3C(c3ccccc32)[C@H]1C. The molecular formula is C19H18O. The van der Waals surface area contributed by atoms with Crippen LogP contribution in [-0.4, -0.2) is 5.78 Å². The largest absolute Gasteiger partial charge is 0.300 e. The monoisotopic (exact) mass is 262 g/mol. The molecule has 2 bridgehead atoms. The molecule has 0 aromatic heterocycles. The second-order valence-electron chi connectivity index (χ2n) is 6.21. The minimum absolute atomic E-state index is 0.129. The molecule has 0 N–H and O–H groups in total. The van der Waals surface area contributed by atoms with Gasteiger partial charge in [0.1, 0.15) is 5.78 Å². The topological polar surface area (TPSA) is 17.1 Å². The molecule has 0 heterocycles. The van der Waals surface area contributed by atoms with E-state index in [9.17, 15) is 4.79 Å². The molecule has 2 aromatic carbocycles. The standard InChI is InChI=1S/C19H18O/c1-11-17(12(2)20)19-15-9-5-3-7-13(15)18(11)14-8-4-6-10-16(14)19/h3-11,17-19H,1-2H3/t11-,17-,18?,19?/m0/s1. The minimum Gasteiger partial charge on any atom is -0.300 e. The van der Waals surface area contributed by atoms with E-state index in [0.29, 0.717) is 17.6 Å². The lowest BCUT2D eigenvalue weighted by atomic mass is 9.54. The summed E-state index contributed by atoms with van der Waals surface area (Å²) >= 11 is 0. The van der Waals surface area contributed by atoms with Gasteiger partial charge < -0.3 is 0 Å². The highest BCUT2D eigenvalue weighted by atomic mass is 16.1. The molecule has 20 heavy (non-hydrogen) atoms. The Morgan fingerprint density at radius 3 is 1.60 bits per heavy atom. The summed E-state index contributed by atoms with van der Waals surface area (Å²) in [7, 11) is 0. The van der Waals surface area contributed by atoms with Gasteiger partial charge in [-0.1, -0.05) is 55.5 Å². The number of fused-ring (bicyclic) bond motifs is 1. The van der Waals surface area contributed by atoms with Gasteiger partial charge in [0.15, 0.2) is 0 Å². The van der Waals surface area contributed by atoms with E-state index in [2.05, 4.69) is 55.5 Å². The first kappa shape index (κ1) is 11.9. The fourth-order valence-corrected chi connectivity index (χ4v) is 4.56. The first-order chi connectivity index (χ1) is 9.70. The Balaban J connectivity index is 2.04. The van der Waals surface area contributed by atoms with Gasteiger partial charge in [0.05, 0.1) is 0 Å². The van der Waals surface area contributed by atoms with Gasteiger partial charge in [-0.05, 0) is 35.1 Å². The van der Waals surface area contributed by atoms with Gasteiger partial charge in [0, 0.05) is 17.8 Å². The normalized spacial score (nSPS) is 29.7. The number of benzene rings is 2. The van der Waals surface area contributed by atoms with Gasteiger partial charge in [-0.15, -0.1) is 0 Å². The van der Waals surface area contributed by atoms with Gasteiger partial charge in [-0.25, -0.2) is 0 Å². The second kappa shape index (κ2) is 4.05. The molecule has 0 spiro atoms. The van der Waals surface area contributed by atoms with Crippen LogP contribution in [0.4, 0.5) is 0 Å². The van der Waals surface area contributed by atoms with Crippen LogP contribution in [0.15, 0.2) is 48.5 Å². The zero-order valence-corrected chi connectivity index (χ0v) is 11.8. The highest BCUT2D eigenvalue weighted by Gasteiger charge is 2.49. The molecule has 0 aliphatic heterocycles. The first-order valence-corrected chi connectivity index (χ1v) is 7.38. The van der Waals surface area contributed by atoms with Crippen molar-refractivity contribution in [3.05, 3.63) is 70.8 Å². The molecule has 2 atom stereocenters. The summed E-state index contributed by atoms with van der Waals surface area (Å²) in [6.45, 7) is 4.00. The summed E-state index contributed by atoms with van der Waals surface area (Å²) < 4.78 is 0. The van der Waals surface area contributed by atoms with Crippen molar-refractivity contribution < 1.29 is 4.79 Å². The fraction of sp³-hybridized carbons (Fsp3) is 0.316. The zero-order chi connectivity index (χ0) is 13.9. The van der Waals surface area contributed by atoms with E-state index in [-0.39, 0.29) is 11.8 Å². The van der Waals surface area contributed by atoms with Crippen LogP contribution in [0, 0.1) is 11.8 Å². The highest BCUT2D eigenvalue weighted by Crippen LogP contribution is 2.58. The van der Waals surface area contributed by atoms with Gasteiger partial charge in [0.25, 0.3) is 0 Å². The van der Waals surface area contributed by atoms with E-state index in [4.69, 9.17) is 0 Å². The van der Waals surface area contributed by atoms with Gasteiger partial charge in [-0.3, -0.25) is 4.79 Å². The molecular weight excluding hydrogens is 244 g/mol. The smallest absolute Gasteiger partial charge is 0.134 e. The fourth-order valence-electron chi connectivity index (χ4n) is 4.56. The summed E-state index contributed by atoms with van der Waals surface area (Å²) in [5.74, 6) is 1.48. The van der Waals surface area contributed by atoms with Crippen molar-refractivity contribution >= 4 is 5.78 Å². The van der Waals surface area contributed by atoms with Crippen molar-refractivity contribution in [1.29, 1.82) is 0 Å². The molecule has 2 aromatic rings. The molecule has 100 valence electrons. The van der Waals surface area contributed by atoms with Crippen LogP contribution in [0.5, 0.6) is 0 Å². The number of rotatable bonds is 1. The van der Waals surface area contributed by atoms with Gasteiger partial charge in [-0.2, -0.15) is 0 Å². The number of hydrogen-bond donors (Lipinski definition) is 0. The van der Waals surface area contributed by atoms with Crippen LogP contribution < -0.4 is 0 Å². The van der Waals surface area contributed by atoms with E-state index in [0.717, 1.165) is 0 Å². The van der Waals surface area contributed by atoms with E-state index < -0.39 is 0 Å². The van der Waals surface area contributed by atoms with E-state index in [1.165, 1.54) is 22.3 Å². The van der Waals surface area contributed by atoms with E-state index in [1.807, 2.05) is 0 Å². The maximum atomic E-state index is 12.2. The molecule has 3 aliphatic carbocycles. The predicted octanol–water partition coefficient (Wildman–Crippen LogP) is 4.12. The summed E-state index contributed by atoms with van der Waals surface area (Å²) in [6.07, 6.45) is 0. The lowest BCUT2D eigenvalue weighted by Gasteiger charge is -2.48. The maximum absolute atomic E-state index is 12.2. The highest BCUT2D eigenvalue weighted by molar-refractivity contribution is 5.82. The lowest BCUT2D eigenvalue weighted by Crippen LogP contribution is -2.41. The van der Waals surface area contributed by atoms with Crippen LogP contribution in [-0.2, 0) is 4.79 Å². The van der Waals surface area contributed by atoms with Crippen molar-refractivity contribution in [3.8, 4) is 0 Å². The molecule has 0 saturated carbocycles. The number of carbonyl (C=O) groups excluding carboxylic acids is 1. The molecule has 1 nitrogen and oxygen atoms in total. The molecule has 1 heteroatoms. The number of Topliss-reactive ketones (excluding diaryl/α,β-unsaturated/α-hetero) is 1. The first-order valence-electron chi connectivity index (χ1n) is 7.38. The van der Waals surface area contributed by atoms with Gasteiger partial charge >= 0.3 is 0 Å². The molecule has 0 radical (unpaired) electrons. The Morgan fingerprint density at radius 1 is 0.800 bits per heavy atom. The average molecular weight is 262 g/mol. The summed E-state index contributed by atoms with van der Waals surface area (Å²) in [5.41, 5.74) is 5.60. The van der Waals surface area contributed by atoms with Crippen LogP contribution >= 0.6 is 0 Å². The van der Waals surface area contributed by atoms with Crippen molar-refractivity contribution in [2.75, 3.05) is 0 Å². The van der Waals surface area contributed by atoms with Crippen molar-refractivity contribution in [3.63, 3.8) is 0 Å².